The van der Waals surface area contributed by atoms with Gasteiger partial charge in [0, 0.05) is 19.5 Å². The number of fused-ring (bicyclic) bond motifs is 3. The van der Waals surface area contributed by atoms with E-state index in [1.807, 2.05) is 28.8 Å². The van der Waals surface area contributed by atoms with Crippen molar-refractivity contribution in [2.75, 3.05) is 18.0 Å². The number of halogens is 3. The number of alkyl halides is 2. The van der Waals surface area contributed by atoms with E-state index in [1.165, 1.54) is 4.90 Å². The second-order valence-corrected chi connectivity index (χ2v) is 5.54. The molecule has 1 unspecified atom stereocenters. The highest BCUT2D eigenvalue weighted by Gasteiger charge is 2.45. The van der Waals surface area contributed by atoms with Crippen LogP contribution in [0.15, 0.2) is 24.3 Å². The highest BCUT2D eigenvalue weighted by atomic mass is 35.5. The average molecular weight is 329 g/mol. The fourth-order valence-electron chi connectivity index (χ4n) is 3.08. The fourth-order valence-corrected chi connectivity index (χ4v) is 3.08. The molecule has 0 saturated carbocycles. The summed E-state index contributed by atoms with van der Waals surface area (Å²) < 4.78 is 28.5. The van der Waals surface area contributed by atoms with Gasteiger partial charge in [-0.25, -0.2) is 13.8 Å². The van der Waals surface area contributed by atoms with Crippen molar-refractivity contribution in [3.63, 3.8) is 0 Å². The molecule has 1 saturated heterocycles. The summed E-state index contributed by atoms with van der Waals surface area (Å²) in [5, 5.41) is 2.61. The number of imidazole rings is 1. The number of nitrogens with zero attached hydrogens (tertiary/aromatic N) is 3. The summed E-state index contributed by atoms with van der Waals surface area (Å²) in [6.07, 6.45) is -0.442. The molecule has 5 nitrogen and oxygen atoms in total. The third-order valence-corrected chi connectivity index (χ3v) is 4.10. The number of amides is 1. The Labute approximate surface area is 131 Å². The molecule has 8 heteroatoms. The van der Waals surface area contributed by atoms with Crippen molar-refractivity contribution in [2.45, 2.75) is 24.9 Å². The van der Waals surface area contributed by atoms with Gasteiger partial charge in [0.25, 0.3) is 5.92 Å². The predicted molar refractivity (Wildman–Crippen MR) is 80.7 cm³/mol. The Kier molecular flexibility index (Phi) is 3.57. The average Bonchev–Trinajstić information content (AvgIpc) is 3.10. The van der Waals surface area contributed by atoms with Crippen LogP contribution in [0.5, 0.6) is 0 Å². The number of carbonyl (C=O) groups is 1. The number of aromatic nitrogens is 2. The number of benzene rings is 1. The Balaban J connectivity index is 0.00000144. The molecule has 1 aromatic carbocycles. The lowest BCUT2D eigenvalue weighted by molar-refractivity contribution is -0.120. The first-order valence-electron chi connectivity index (χ1n) is 6.93. The summed E-state index contributed by atoms with van der Waals surface area (Å²) in [5.41, 5.74) is 1.78. The lowest BCUT2D eigenvalue weighted by atomic mass is 10.2. The van der Waals surface area contributed by atoms with Crippen LogP contribution in [0.1, 0.15) is 6.42 Å². The molecule has 4 rings (SSSR count). The topological polar surface area (TPSA) is 50.2 Å². The Bertz CT molecular complexity index is 733. The summed E-state index contributed by atoms with van der Waals surface area (Å²) in [6, 6.07) is 6.80. The molecule has 3 heterocycles. The molecule has 1 aromatic heterocycles. The van der Waals surface area contributed by atoms with Crippen LogP contribution in [0.3, 0.4) is 0 Å². The van der Waals surface area contributed by atoms with E-state index in [0.717, 1.165) is 11.0 Å². The summed E-state index contributed by atoms with van der Waals surface area (Å²) in [6.45, 7) is 0.689. The van der Waals surface area contributed by atoms with E-state index in [1.54, 1.807) is 0 Å². The van der Waals surface area contributed by atoms with E-state index in [9.17, 15) is 13.6 Å². The van der Waals surface area contributed by atoms with Gasteiger partial charge in [0.1, 0.15) is 0 Å². The third-order valence-electron chi connectivity index (χ3n) is 4.10. The van der Waals surface area contributed by atoms with Gasteiger partial charge in [-0.3, -0.25) is 15.0 Å². The largest absolute Gasteiger partial charge is 0.308 e. The van der Waals surface area contributed by atoms with Crippen molar-refractivity contribution in [1.29, 1.82) is 0 Å². The van der Waals surface area contributed by atoms with Gasteiger partial charge in [-0.15, -0.1) is 12.4 Å². The van der Waals surface area contributed by atoms with E-state index in [4.69, 9.17) is 0 Å². The molecule has 2 aliphatic rings. The van der Waals surface area contributed by atoms with Gasteiger partial charge < -0.3 is 4.57 Å². The van der Waals surface area contributed by atoms with Crippen LogP contribution in [-0.4, -0.2) is 40.5 Å². The number of para-hydroxylation sites is 2. The normalized spacial score (nSPS) is 22.6. The van der Waals surface area contributed by atoms with E-state index < -0.39 is 24.9 Å². The van der Waals surface area contributed by atoms with Crippen LogP contribution in [0.25, 0.3) is 11.0 Å². The third kappa shape index (κ3) is 2.24. The first kappa shape index (κ1) is 15.2. The number of hydrogen-bond acceptors (Lipinski definition) is 3. The quantitative estimate of drug-likeness (QED) is 0.868. The number of carbonyl (C=O) groups excluding carboxylic acids is 1. The maximum absolute atomic E-state index is 13.3. The molecule has 2 aliphatic heterocycles. The predicted octanol–water partition coefficient (Wildman–Crippen LogP) is 1.80. The highest BCUT2D eigenvalue weighted by molar-refractivity contribution is 5.98. The molecule has 118 valence electrons. The van der Waals surface area contributed by atoms with Crippen molar-refractivity contribution < 1.29 is 13.6 Å². The van der Waals surface area contributed by atoms with Crippen LogP contribution in [0.4, 0.5) is 14.7 Å². The van der Waals surface area contributed by atoms with Gasteiger partial charge >= 0.3 is 0 Å². The highest BCUT2D eigenvalue weighted by Crippen LogP contribution is 2.30. The molecule has 1 amide bonds. The first-order chi connectivity index (χ1) is 10.1. The zero-order chi connectivity index (χ0) is 14.6. The number of hydrogen-bond donors (Lipinski definition) is 1. The fraction of sp³-hybridized carbons (Fsp3) is 0.429. The van der Waals surface area contributed by atoms with Crippen LogP contribution < -0.4 is 10.2 Å². The van der Waals surface area contributed by atoms with Gasteiger partial charge in [0.15, 0.2) is 0 Å². The number of rotatable bonds is 1. The van der Waals surface area contributed by atoms with Crippen molar-refractivity contribution in [3.05, 3.63) is 24.3 Å². The minimum atomic E-state index is -2.81. The Hall–Kier alpha value is -1.73. The summed E-state index contributed by atoms with van der Waals surface area (Å²) >= 11 is 0. The van der Waals surface area contributed by atoms with Crippen LogP contribution in [0, 0.1) is 0 Å². The smallest absolute Gasteiger partial charge is 0.262 e. The SMILES string of the molecule is Cl.O=C(C1CC(F)(F)CN1)N1CCn2c1nc1ccccc12. The van der Waals surface area contributed by atoms with Gasteiger partial charge in [-0.2, -0.15) is 0 Å². The van der Waals surface area contributed by atoms with E-state index in [-0.39, 0.29) is 18.3 Å². The minimum absolute atomic E-state index is 0. The van der Waals surface area contributed by atoms with Gasteiger partial charge in [0.2, 0.25) is 11.9 Å². The Morgan fingerprint density at radius 3 is 2.82 bits per heavy atom. The van der Waals surface area contributed by atoms with Crippen LogP contribution in [-0.2, 0) is 11.3 Å². The van der Waals surface area contributed by atoms with Crippen molar-refractivity contribution in [3.8, 4) is 0 Å². The monoisotopic (exact) mass is 328 g/mol. The summed E-state index contributed by atoms with van der Waals surface area (Å²) in [7, 11) is 0. The molecular weight excluding hydrogens is 314 g/mol. The van der Waals surface area contributed by atoms with Crippen molar-refractivity contribution in [1.82, 2.24) is 14.9 Å². The molecule has 1 atom stereocenters. The lowest BCUT2D eigenvalue weighted by Gasteiger charge is -2.18. The maximum atomic E-state index is 13.3. The first-order valence-corrected chi connectivity index (χ1v) is 6.93. The van der Waals surface area contributed by atoms with E-state index in [0.29, 0.717) is 19.0 Å². The second kappa shape index (κ2) is 5.17. The number of anilines is 1. The molecule has 0 radical (unpaired) electrons. The Morgan fingerprint density at radius 2 is 2.09 bits per heavy atom. The van der Waals surface area contributed by atoms with Crippen LogP contribution >= 0.6 is 12.4 Å². The van der Waals surface area contributed by atoms with E-state index >= 15 is 0 Å². The van der Waals surface area contributed by atoms with Crippen LogP contribution in [0.2, 0.25) is 0 Å². The Morgan fingerprint density at radius 1 is 1.32 bits per heavy atom. The summed E-state index contributed by atoms with van der Waals surface area (Å²) in [4.78, 5) is 18.4. The van der Waals surface area contributed by atoms with Crippen molar-refractivity contribution in [2.24, 2.45) is 0 Å². The minimum Gasteiger partial charge on any atom is -0.308 e. The molecule has 0 bridgehead atoms. The standard InChI is InChI=1S/C14H14F2N4O.ClH/c15-14(16)7-10(17-8-14)12(21)20-6-5-19-11-4-2-1-3-9(11)18-13(19)20;/h1-4,10,17H,5-8H2;1H. The zero-order valence-electron chi connectivity index (χ0n) is 11.6. The molecule has 2 aromatic rings. The molecule has 1 fully saturated rings. The lowest BCUT2D eigenvalue weighted by Crippen LogP contribution is -2.43. The zero-order valence-corrected chi connectivity index (χ0v) is 12.4. The second-order valence-electron chi connectivity index (χ2n) is 5.54. The molecule has 1 N–H and O–H groups in total. The van der Waals surface area contributed by atoms with Gasteiger partial charge in [-0.1, -0.05) is 12.1 Å². The molecule has 22 heavy (non-hydrogen) atoms. The van der Waals surface area contributed by atoms with E-state index in [2.05, 4.69) is 10.3 Å². The maximum Gasteiger partial charge on any atom is 0.262 e. The molecular formula is C14H15ClF2N4O. The number of nitrogens with one attached hydrogen (secondary N) is 1. The summed E-state index contributed by atoms with van der Waals surface area (Å²) in [5.74, 6) is -2.57. The molecule has 0 aliphatic carbocycles. The van der Waals surface area contributed by atoms with Gasteiger partial charge in [0.05, 0.1) is 23.6 Å². The molecule has 0 spiro atoms. The van der Waals surface area contributed by atoms with Crippen molar-refractivity contribution >= 4 is 35.3 Å². The van der Waals surface area contributed by atoms with Gasteiger partial charge in [-0.05, 0) is 12.1 Å².